The molecule has 2 aliphatic rings. The average Bonchev–Trinajstić information content (AvgIpc) is 3.05. The van der Waals surface area contributed by atoms with Gasteiger partial charge in [-0.1, -0.05) is 25.0 Å². The summed E-state index contributed by atoms with van der Waals surface area (Å²) in [5, 5.41) is 0. The first-order chi connectivity index (χ1) is 14.1. The number of benzene rings is 1. The molecule has 154 valence electrons. The summed E-state index contributed by atoms with van der Waals surface area (Å²) < 4.78 is 0. The Morgan fingerprint density at radius 1 is 0.862 bits per heavy atom. The lowest BCUT2D eigenvalue weighted by molar-refractivity contribution is 0.0755. The van der Waals surface area contributed by atoms with E-state index in [1.165, 1.54) is 29.7 Å². The normalized spacial score (nSPS) is 17.9. The molecule has 0 aliphatic carbocycles. The minimum atomic E-state index is 0.0459. The maximum absolute atomic E-state index is 12.9. The Morgan fingerprint density at radius 2 is 1.55 bits per heavy atom. The molecule has 2 aliphatic heterocycles. The molecule has 29 heavy (non-hydrogen) atoms. The Kier molecular flexibility index (Phi) is 5.97. The number of carbonyl (C=O) groups excluding carboxylic acids is 1. The molecule has 6 heteroatoms. The van der Waals surface area contributed by atoms with E-state index in [1.54, 1.807) is 12.3 Å². The third kappa shape index (κ3) is 4.36. The zero-order chi connectivity index (χ0) is 20.2. The number of carbonyl (C=O) groups is 1. The second-order valence-electron chi connectivity index (χ2n) is 8.14. The van der Waals surface area contributed by atoms with Crippen molar-refractivity contribution in [2.24, 2.45) is 0 Å². The molecule has 6 nitrogen and oxygen atoms in total. The van der Waals surface area contributed by atoms with Gasteiger partial charge in [0.15, 0.2) is 0 Å². The van der Waals surface area contributed by atoms with Crippen LogP contribution in [0.3, 0.4) is 0 Å². The number of aryl methyl sites for hydroxylation is 1. The fourth-order valence-corrected chi connectivity index (χ4v) is 4.28. The van der Waals surface area contributed by atoms with Crippen molar-refractivity contribution in [2.45, 2.75) is 39.5 Å². The first kappa shape index (κ1) is 19.7. The zero-order valence-electron chi connectivity index (χ0n) is 17.6. The van der Waals surface area contributed by atoms with Crippen LogP contribution in [-0.2, 0) is 0 Å². The van der Waals surface area contributed by atoms with Crippen LogP contribution < -0.4 is 9.80 Å². The highest BCUT2D eigenvalue weighted by molar-refractivity contribution is 5.92. The monoisotopic (exact) mass is 393 g/mol. The molecule has 0 bridgehead atoms. The van der Waals surface area contributed by atoms with Crippen molar-refractivity contribution >= 4 is 17.5 Å². The molecule has 0 unspecified atom stereocenters. The molecule has 0 radical (unpaired) electrons. The zero-order valence-corrected chi connectivity index (χ0v) is 17.6. The van der Waals surface area contributed by atoms with Gasteiger partial charge in [0.25, 0.3) is 5.91 Å². The Labute approximate surface area is 173 Å². The van der Waals surface area contributed by atoms with Crippen LogP contribution in [0.1, 0.15) is 47.3 Å². The summed E-state index contributed by atoms with van der Waals surface area (Å²) in [5.74, 6) is 0.718. The van der Waals surface area contributed by atoms with Crippen molar-refractivity contribution in [1.82, 2.24) is 14.9 Å². The van der Waals surface area contributed by atoms with Gasteiger partial charge in [0.2, 0.25) is 5.95 Å². The molecule has 3 heterocycles. The summed E-state index contributed by atoms with van der Waals surface area (Å²) in [6.45, 7) is 9.60. The summed E-state index contributed by atoms with van der Waals surface area (Å²) in [6.07, 6.45) is 6.32. The average molecular weight is 394 g/mol. The fraction of sp³-hybridized carbons (Fsp3) is 0.522. The van der Waals surface area contributed by atoms with Crippen molar-refractivity contribution in [3.8, 4) is 0 Å². The van der Waals surface area contributed by atoms with Gasteiger partial charge in [-0.05, 0) is 49.9 Å². The number of piperazine rings is 1. The second kappa shape index (κ2) is 8.80. The molecule has 1 amide bonds. The fourth-order valence-electron chi connectivity index (χ4n) is 4.28. The minimum Gasteiger partial charge on any atom is -0.368 e. The predicted octanol–water partition coefficient (Wildman–Crippen LogP) is 3.44. The Balaban J connectivity index is 1.43. The number of nitrogens with zero attached hydrogens (tertiary/aromatic N) is 5. The van der Waals surface area contributed by atoms with Crippen LogP contribution in [0.15, 0.2) is 30.5 Å². The van der Waals surface area contributed by atoms with E-state index in [-0.39, 0.29) is 5.91 Å². The van der Waals surface area contributed by atoms with Crippen LogP contribution in [0.4, 0.5) is 11.6 Å². The van der Waals surface area contributed by atoms with Crippen molar-refractivity contribution in [2.75, 3.05) is 49.1 Å². The van der Waals surface area contributed by atoms with E-state index in [9.17, 15) is 4.79 Å². The Hall–Kier alpha value is -2.63. The van der Waals surface area contributed by atoms with Gasteiger partial charge in [-0.15, -0.1) is 0 Å². The molecule has 4 rings (SSSR count). The number of aromatic nitrogens is 2. The number of anilines is 2. The minimum absolute atomic E-state index is 0.0459. The maximum Gasteiger partial charge on any atom is 0.272 e. The van der Waals surface area contributed by atoms with Crippen molar-refractivity contribution < 1.29 is 4.79 Å². The highest BCUT2D eigenvalue weighted by Crippen LogP contribution is 2.24. The third-order valence-corrected chi connectivity index (χ3v) is 6.23. The molecule has 0 N–H and O–H groups in total. The van der Waals surface area contributed by atoms with Gasteiger partial charge in [-0.25, -0.2) is 9.97 Å². The van der Waals surface area contributed by atoms with Crippen LogP contribution in [0.25, 0.3) is 0 Å². The summed E-state index contributed by atoms with van der Waals surface area (Å²) in [5.41, 5.74) is 4.51. The SMILES string of the molecule is Cc1cccc(N2CCN(c3nccc(C(=O)N4CCCCCC4)n3)CC2)c1C. The van der Waals surface area contributed by atoms with Gasteiger partial charge in [0, 0.05) is 51.2 Å². The van der Waals surface area contributed by atoms with Gasteiger partial charge < -0.3 is 14.7 Å². The quantitative estimate of drug-likeness (QED) is 0.800. The van der Waals surface area contributed by atoms with Crippen LogP contribution in [-0.4, -0.2) is 60.0 Å². The summed E-state index contributed by atoms with van der Waals surface area (Å²) >= 11 is 0. The molecule has 1 aromatic heterocycles. The lowest BCUT2D eigenvalue weighted by Crippen LogP contribution is -2.47. The van der Waals surface area contributed by atoms with Crippen LogP contribution in [0.2, 0.25) is 0 Å². The second-order valence-corrected chi connectivity index (χ2v) is 8.14. The van der Waals surface area contributed by atoms with Gasteiger partial charge in [0.1, 0.15) is 5.69 Å². The molecule has 0 spiro atoms. The summed E-state index contributed by atoms with van der Waals surface area (Å²) in [7, 11) is 0. The maximum atomic E-state index is 12.9. The molecule has 2 aromatic rings. The number of hydrogen-bond acceptors (Lipinski definition) is 5. The number of likely N-dealkylation sites (tertiary alicyclic amines) is 1. The van der Waals surface area contributed by atoms with E-state index >= 15 is 0 Å². The lowest BCUT2D eigenvalue weighted by Gasteiger charge is -2.37. The van der Waals surface area contributed by atoms with Crippen molar-refractivity contribution in [3.63, 3.8) is 0 Å². The molecule has 0 saturated carbocycles. The van der Waals surface area contributed by atoms with Gasteiger partial charge in [-0.3, -0.25) is 4.79 Å². The van der Waals surface area contributed by atoms with Crippen LogP contribution >= 0.6 is 0 Å². The first-order valence-corrected chi connectivity index (χ1v) is 10.8. The Morgan fingerprint density at radius 3 is 2.28 bits per heavy atom. The third-order valence-electron chi connectivity index (χ3n) is 6.23. The highest BCUT2D eigenvalue weighted by Gasteiger charge is 2.23. The number of rotatable bonds is 3. The first-order valence-electron chi connectivity index (χ1n) is 10.8. The van der Waals surface area contributed by atoms with E-state index in [0.717, 1.165) is 52.1 Å². The molecule has 0 atom stereocenters. The van der Waals surface area contributed by atoms with Gasteiger partial charge >= 0.3 is 0 Å². The lowest BCUT2D eigenvalue weighted by atomic mass is 10.1. The molecule has 2 saturated heterocycles. The molecular weight excluding hydrogens is 362 g/mol. The topological polar surface area (TPSA) is 52.6 Å². The number of amides is 1. The Bertz CT molecular complexity index is 852. The van der Waals surface area contributed by atoms with Crippen LogP contribution in [0, 0.1) is 13.8 Å². The highest BCUT2D eigenvalue weighted by atomic mass is 16.2. The summed E-state index contributed by atoms with van der Waals surface area (Å²) in [4.78, 5) is 28.6. The van der Waals surface area contributed by atoms with E-state index in [1.807, 2.05) is 4.90 Å². The van der Waals surface area contributed by atoms with E-state index < -0.39 is 0 Å². The number of hydrogen-bond donors (Lipinski definition) is 0. The standard InChI is InChI=1S/C23H31N5O/c1-18-8-7-9-21(19(18)2)26-14-16-28(17-15-26)23-24-11-10-20(25-23)22(29)27-12-5-3-4-6-13-27/h7-11H,3-6,12-17H2,1-2H3. The largest absolute Gasteiger partial charge is 0.368 e. The van der Waals surface area contributed by atoms with E-state index in [0.29, 0.717) is 11.6 Å². The van der Waals surface area contributed by atoms with Crippen molar-refractivity contribution in [1.29, 1.82) is 0 Å². The van der Waals surface area contributed by atoms with Crippen LogP contribution in [0.5, 0.6) is 0 Å². The summed E-state index contributed by atoms with van der Waals surface area (Å²) in [6, 6.07) is 8.25. The molecule has 1 aromatic carbocycles. The molecular formula is C23H31N5O. The smallest absolute Gasteiger partial charge is 0.272 e. The van der Waals surface area contributed by atoms with Gasteiger partial charge in [-0.2, -0.15) is 0 Å². The van der Waals surface area contributed by atoms with Gasteiger partial charge in [0.05, 0.1) is 0 Å². The van der Waals surface area contributed by atoms with E-state index in [2.05, 4.69) is 51.8 Å². The molecule has 2 fully saturated rings. The van der Waals surface area contributed by atoms with Crippen molar-refractivity contribution in [3.05, 3.63) is 47.3 Å². The predicted molar refractivity (Wildman–Crippen MR) is 117 cm³/mol. The van der Waals surface area contributed by atoms with E-state index in [4.69, 9.17) is 0 Å².